The van der Waals surface area contributed by atoms with Crippen LogP contribution in [0.15, 0.2) is 42.7 Å². The number of anilines is 1. The number of hydrogen-bond acceptors (Lipinski definition) is 3. The van der Waals surface area contributed by atoms with Crippen LogP contribution in [0.25, 0.3) is 11.1 Å². The predicted octanol–water partition coefficient (Wildman–Crippen LogP) is 2.55. The van der Waals surface area contributed by atoms with Crippen LogP contribution in [-0.2, 0) is 0 Å². The standard InChI is InChI=1S/C16H20N3/c1-18(2)11-12-19(3)16-6-4-5-15(13-16)14-7-9-17-10-8-14/h4-5,7-10,13H,11-12H2,1-3H3. The van der Waals surface area contributed by atoms with E-state index in [1.165, 1.54) is 11.1 Å². The molecule has 0 unspecified atom stereocenters. The molecule has 1 aromatic heterocycles. The lowest BCUT2D eigenvalue weighted by atomic mass is 10.1. The monoisotopic (exact) mass is 254 g/mol. The number of rotatable bonds is 5. The lowest BCUT2D eigenvalue weighted by molar-refractivity contribution is 0.416. The Morgan fingerprint density at radius 2 is 1.74 bits per heavy atom. The highest BCUT2D eigenvalue weighted by Gasteiger charge is 2.04. The summed E-state index contributed by atoms with van der Waals surface area (Å²) in [6.45, 7) is 2.02. The maximum absolute atomic E-state index is 4.05. The van der Waals surface area contributed by atoms with Gasteiger partial charge in [0, 0.05) is 44.3 Å². The van der Waals surface area contributed by atoms with Crippen molar-refractivity contribution in [2.45, 2.75) is 0 Å². The van der Waals surface area contributed by atoms with E-state index in [9.17, 15) is 0 Å². The van der Waals surface area contributed by atoms with Crippen molar-refractivity contribution in [2.75, 3.05) is 39.1 Å². The molecule has 0 aliphatic carbocycles. The van der Waals surface area contributed by atoms with Gasteiger partial charge in [0.1, 0.15) is 0 Å². The molecular weight excluding hydrogens is 234 g/mol. The maximum atomic E-state index is 4.05. The van der Waals surface area contributed by atoms with Gasteiger partial charge in [-0.05, 0) is 43.4 Å². The van der Waals surface area contributed by atoms with Gasteiger partial charge in [-0.25, -0.2) is 0 Å². The van der Waals surface area contributed by atoms with Crippen LogP contribution >= 0.6 is 0 Å². The Balaban J connectivity index is 2.15. The van der Waals surface area contributed by atoms with Crippen LogP contribution in [0, 0.1) is 6.07 Å². The Morgan fingerprint density at radius 3 is 2.42 bits per heavy atom. The zero-order valence-electron chi connectivity index (χ0n) is 11.8. The zero-order valence-corrected chi connectivity index (χ0v) is 11.8. The molecule has 0 bridgehead atoms. The number of nitrogens with zero attached hydrogens (tertiary/aromatic N) is 3. The molecule has 0 aliphatic heterocycles. The van der Waals surface area contributed by atoms with E-state index in [2.05, 4.69) is 54.1 Å². The quantitative estimate of drug-likeness (QED) is 0.817. The summed E-state index contributed by atoms with van der Waals surface area (Å²) in [4.78, 5) is 8.46. The van der Waals surface area contributed by atoms with E-state index in [0.717, 1.165) is 18.8 Å². The van der Waals surface area contributed by atoms with E-state index in [4.69, 9.17) is 0 Å². The molecule has 1 radical (unpaired) electrons. The van der Waals surface area contributed by atoms with Crippen LogP contribution in [0.2, 0.25) is 0 Å². The number of benzene rings is 1. The lowest BCUT2D eigenvalue weighted by Gasteiger charge is -2.21. The van der Waals surface area contributed by atoms with E-state index in [1.807, 2.05) is 30.6 Å². The Hall–Kier alpha value is -1.87. The first-order valence-electron chi connectivity index (χ1n) is 6.45. The Kier molecular flexibility index (Phi) is 4.53. The van der Waals surface area contributed by atoms with Crippen molar-refractivity contribution in [2.24, 2.45) is 0 Å². The second-order valence-electron chi connectivity index (χ2n) is 4.92. The number of aromatic nitrogens is 1. The Labute approximate surface area is 115 Å². The molecule has 3 nitrogen and oxygen atoms in total. The highest BCUT2D eigenvalue weighted by atomic mass is 15.1. The van der Waals surface area contributed by atoms with Crippen LogP contribution < -0.4 is 4.90 Å². The van der Waals surface area contributed by atoms with Crippen molar-refractivity contribution in [1.82, 2.24) is 9.88 Å². The van der Waals surface area contributed by atoms with Gasteiger partial charge in [0.05, 0.1) is 0 Å². The fourth-order valence-electron chi connectivity index (χ4n) is 1.87. The largest absolute Gasteiger partial charge is 0.373 e. The fraction of sp³-hybridized carbons (Fsp3) is 0.312. The molecule has 0 saturated heterocycles. The predicted molar refractivity (Wildman–Crippen MR) is 80.3 cm³/mol. The summed E-state index contributed by atoms with van der Waals surface area (Å²) in [6, 6.07) is 13.6. The highest BCUT2D eigenvalue weighted by Crippen LogP contribution is 2.23. The van der Waals surface area contributed by atoms with Crippen molar-refractivity contribution < 1.29 is 0 Å². The van der Waals surface area contributed by atoms with Crippen LogP contribution in [0.3, 0.4) is 0 Å². The van der Waals surface area contributed by atoms with Crippen molar-refractivity contribution in [3.05, 3.63) is 48.8 Å². The first-order chi connectivity index (χ1) is 9.16. The van der Waals surface area contributed by atoms with E-state index in [0.29, 0.717) is 0 Å². The van der Waals surface area contributed by atoms with Crippen molar-refractivity contribution >= 4 is 5.69 Å². The molecule has 0 aliphatic rings. The van der Waals surface area contributed by atoms with Gasteiger partial charge < -0.3 is 9.80 Å². The molecular formula is C16H20N3. The van der Waals surface area contributed by atoms with Crippen molar-refractivity contribution in [3.8, 4) is 11.1 Å². The summed E-state index contributed by atoms with van der Waals surface area (Å²) in [5.74, 6) is 0. The topological polar surface area (TPSA) is 19.4 Å². The van der Waals surface area contributed by atoms with E-state index in [1.54, 1.807) is 0 Å². The average molecular weight is 254 g/mol. The number of hydrogen-bond donors (Lipinski definition) is 0. The van der Waals surface area contributed by atoms with Gasteiger partial charge in [-0.2, -0.15) is 0 Å². The first-order valence-corrected chi connectivity index (χ1v) is 6.45. The molecule has 0 N–H and O–H groups in total. The molecule has 1 heterocycles. The third-order valence-electron chi connectivity index (χ3n) is 3.09. The Morgan fingerprint density at radius 1 is 1.00 bits per heavy atom. The molecule has 19 heavy (non-hydrogen) atoms. The summed E-state index contributed by atoms with van der Waals surface area (Å²) in [7, 11) is 6.28. The highest BCUT2D eigenvalue weighted by molar-refractivity contribution is 5.67. The fourth-order valence-corrected chi connectivity index (χ4v) is 1.87. The van der Waals surface area contributed by atoms with Crippen molar-refractivity contribution in [1.29, 1.82) is 0 Å². The van der Waals surface area contributed by atoms with E-state index in [-0.39, 0.29) is 0 Å². The molecule has 2 aromatic rings. The van der Waals surface area contributed by atoms with Gasteiger partial charge in [0.2, 0.25) is 0 Å². The van der Waals surface area contributed by atoms with Gasteiger partial charge in [0.25, 0.3) is 0 Å². The SMILES string of the molecule is CN(C)CCN(C)c1[c]ccc(-c2ccncc2)c1. The summed E-state index contributed by atoms with van der Waals surface area (Å²) in [5, 5.41) is 0. The second kappa shape index (κ2) is 6.34. The maximum Gasteiger partial charge on any atom is 0.0450 e. The molecule has 0 saturated carbocycles. The lowest BCUT2D eigenvalue weighted by Crippen LogP contribution is -2.28. The van der Waals surface area contributed by atoms with Crippen LogP contribution in [0.1, 0.15) is 0 Å². The van der Waals surface area contributed by atoms with Gasteiger partial charge in [-0.1, -0.05) is 12.1 Å². The first kappa shape index (κ1) is 13.6. The third kappa shape index (κ3) is 3.80. The van der Waals surface area contributed by atoms with Gasteiger partial charge in [-0.15, -0.1) is 0 Å². The Bertz CT molecular complexity index is 508. The summed E-state index contributed by atoms with van der Waals surface area (Å²) < 4.78 is 0. The molecule has 99 valence electrons. The minimum atomic E-state index is 0.989. The summed E-state index contributed by atoms with van der Waals surface area (Å²) >= 11 is 0. The smallest absolute Gasteiger partial charge is 0.0450 e. The molecule has 0 atom stereocenters. The average Bonchev–Trinajstić information content (AvgIpc) is 2.46. The molecule has 0 fully saturated rings. The van der Waals surface area contributed by atoms with Crippen LogP contribution in [-0.4, -0.2) is 44.1 Å². The number of likely N-dealkylation sites (N-methyl/N-ethyl adjacent to an activating group) is 2. The minimum Gasteiger partial charge on any atom is -0.373 e. The normalized spacial score (nSPS) is 10.7. The van der Waals surface area contributed by atoms with Gasteiger partial charge in [-0.3, -0.25) is 4.98 Å². The minimum absolute atomic E-state index is 0.989. The summed E-state index contributed by atoms with van der Waals surface area (Å²) in [6.07, 6.45) is 3.64. The third-order valence-corrected chi connectivity index (χ3v) is 3.09. The molecule has 3 heteroatoms. The summed E-state index contributed by atoms with van der Waals surface area (Å²) in [5.41, 5.74) is 3.51. The van der Waals surface area contributed by atoms with E-state index < -0.39 is 0 Å². The zero-order chi connectivity index (χ0) is 13.7. The molecule has 1 aromatic carbocycles. The van der Waals surface area contributed by atoms with Crippen LogP contribution in [0.5, 0.6) is 0 Å². The molecule has 0 spiro atoms. The van der Waals surface area contributed by atoms with Crippen molar-refractivity contribution in [3.63, 3.8) is 0 Å². The van der Waals surface area contributed by atoms with Gasteiger partial charge in [0.15, 0.2) is 0 Å². The number of pyridine rings is 1. The van der Waals surface area contributed by atoms with Gasteiger partial charge >= 0.3 is 0 Å². The van der Waals surface area contributed by atoms with E-state index >= 15 is 0 Å². The molecule has 2 rings (SSSR count). The molecule has 0 amide bonds. The van der Waals surface area contributed by atoms with Crippen LogP contribution in [0.4, 0.5) is 5.69 Å². The second-order valence-corrected chi connectivity index (χ2v) is 4.92.